The Bertz CT molecular complexity index is 299. The lowest BCUT2D eigenvalue weighted by molar-refractivity contribution is -0.146. The van der Waals surface area contributed by atoms with Crippen molar-refractivity contribution >= 4 is 17.9 Å². The Morgan fingerprint density at radius 1 is 1.38 bits per heavy atom. The Labute approximate surface area is 92.6 Å². The SMILES string of the molecule is NC(=O)CCCNC(=O)N1CC(C(=O)O)C1. The topological polar surface area (TPSA) is 113 Å². The zero-order valence-corrected chi connectivity index (χ0v) is 8.81. The summed E-state index contributed by atoms with van der Waals surface area (Å²) >= 11 is 0. The predicted octanol–water partition coefficient (Wildman–Crippen LogP) is -1.02. The van der Waals surface area contributed by atoms with E-state index in [1.807, 2.05) is 0 Å². The minimum atomic E-state index is -0.877. The van der Waals surface area contributed by atoms with Gasteiger partial charge in [0.25, 0.3) is 0 Å². The van der Waals surface area contributed by atoms with Gasteiger partial charge in [-0.15, -0.1) is 0 Å². The number of primary amides is 1. The molecule has 7 nitrogen and oxygen atoms in total. The molecule has 0 atom stereocenters. The van der Waals surface area contributed by atoms with E-state index in [4.69, 9.17) is 10.8 Å². The summed E-state index contributed by atoms with van der Waals surface area (Å²) in [6.07, 6.45) is 0.731. The molecule has 1 aliphatic heterocycles. The summed E-state index contributed by atoms with van der Waals surface area (Å²) in [5.74, 6) is -1.72. The van der Waals surface area contributed by atoms with Crippen LogP contribution in [0.25, 0.3) is 0 Å². The zero-order chi connectivity index (χ0) is 12.1. The van der Waals surface area contributed by atoms with Gasteiger partial charge in [-0.1, -0.05) is 0 Å². The minimum absolute atomic E-state index is 0.234. The standard InChI is InChI=1S/C9H15N3O4/c10-7(13)2-1-3-11-9(16)12-4-6(5-12)8(14)15/h6H,1-5H2,(H2,10,13)(H,11,16)(H,14,15). The molecular weight excluding hydrogens is 214 g/mol. The molecule has 1 aliphatic rings. The van der Waals surface area contributed by atoms with Crippen molar-refractivity contribution < 1.29 is 19.5 Å². The van der Waals surface area contributed by atoms with E-state index in [-0.39, 0.29) is 25.5 Å². The second-order valence-corrected chi connectivity index (χ2v) is 3.74. The van der Waals surface area contributed by atoms with Gasteiger partial charge in [-0.05, 0) is 6.42 Å². The Morgan fingerprint density at radius 3 is 2.50 bits per heavy atom. The average Bonchev–Trinajstić information content (AvgIpc) is 2.08. The van der Waals surface area contributed by atoms with Crippen LogP contribution in [-0.4, -0.2) is 47.5 Å². The van der Waals surface area contributed by atoms with Crippen LogP contribution in [-0.2, 0) is 9.59 Å². The highest BCUT2D eigenvalue weighted by atomic mass is 16.4. The molecular formula is C9H15N3O4. The summed E-state index contributed by atoms with van der Waals surface area (Å²) in [6, 6.07) is -0.290. The molecule has 0 aromatic rings. The number of carboxylic acids is 1. The van der Waals surface area contributed by atoms with Crippen molar-refractivity contribution in [2.45, 2.75) is 12.8 Å². The number of hydrogen-bond acceptors (Lipinski definition) is 3. The Morgan fingerprint density at radius 2 is 2.00 bits per heavy atom. The number of rotatable bonds is 5. The second-order valence-electron chi connectivity index (χ2n) is 3.74. The summed E-state index contributed by atoms with van der Waals surface area (Å²) in [6.45, 7) is 0.865. The number of amides is 3. The van der Waals surface area contributed by atoms with Crippen LogP contribution in [0.4, 0.5) is 4.79 Å². The van der Waals surface area contributed by atoms with E-state index in [1.165, 1.54) is 4.90 Å². The Balaban J connectivity index is 2.09. The number of urea groups is 1. The van der Waals surface area contributed by atoms with Crippen molar-refractivity contribution in [3.05, 3.63) is 0 Å². The molecule has 0 unspecified atom stereocenters. The van der Waals surface area contributed by atoms with E-state index in [0.717, 1.165) is 0 Å². The Hall–Kier alpha value is -1.79. The molecule has 0 saturated carbocycles. The second kappa shape index (κ2) is 5.34. The summed E-state index contributed by atoms with van der Waals surface area (Å²) in [4.78, 5) is 33.6. The van der Waals surface area contributed by atoms with Gasteiger partial charge in [-0.3, -0.25) is 9.59 Å². The maximum Gasteiger partial charge on any atom is 0.317 e. The summed E-state index contributed by atoms with van der Waals surface area (Å²) in [5, 5.41) is 11.2. The van der Waals surface area contributed by atoms with Gasteiger partial charge in [-0.2, -0.15) is 0 Å². The van der Waals surface area contributed by atoms with Crippen LogP contribution in [0.15, 0.2) is 0 Å². The normalized spacial score (nSPS) is 15.4. The maximum absolute atomic E-state index is 11.3. The number of nitrogens with zero attached hydrogens (tertiary/aromatic N) is 1. The first-order chi connectivity index (χ1) is 7.50. The lowest BCUT2D eigenvalue weighted by atomic mass is 10.0. The Kier molecular flexibility index (Phi) is 4.10. The third-order valence-corrected chi connectivity index (χ3v) is 2.39. The van der Waals surface area contributed by atoms with Crippen molar-refractivity contribution in [3.63, 3.8) is 0 Å². The lowest BCUT2D eigenvalue weighted by Gasteiger charge is -2.36. The predicted molar refractivity (Wildman–Crippen MR) is 54.5 cm³/mol. The van der Waals surface area contributed by atoms with Crippen molar-refractivity contribution in [2.75, 3.05) is 19.6 Å². The molecule has 3 amide bonds. The number of carbonyl (C=O) groups is 3. The molecule has 16 heavy (non-hydrogen) atoms. The van der Waals surface area contributed by atoms with Gasteiger partial charge in [0.2, 0.25) is 5.91 Å². The third kappa shape index (κ3) is 3.41. The first kappa shape index (κ1) is 12.3. The molecule has 1 saturated heterocycles. The van der Waals surface area contributed by atoms with Crippen LogP contribution in [0.3, 0.4) is 0 Å². The molecule has 4 N–H and O–H groups in total. The lowest BCUT2D eigenvalue weighted by Crippen LogP contribution is -2.56. The summed E-state index contributed by atoms with van der Waals surface area (Å²) in [5.41, 5.74) is 4.93. The van der Waals surface area contributed by atoms with E-state index in [2.05, 4.69) is 5.32 Å². The number of aliphatic carboxylic acids is 1. The van der Waals surface area contributed by atoms with Crippen molar-refractivity contribution in [1.29, 1.82) is 0 Å². The van der Waals surface area contributed by atoms with Gasteiger partial charge in [-0.25, -0.2) is 4.79 Å². The van der Waals surface area contributed by atoms with Gasteiger partial charge in [0, 0.05) is 26.1 Å². The molecule has 0 spiro atoms. The average molecular weight is 229 g/mol. The molecule has 0 aromatic carbocycles. The van der Waals surface area contributed by atoms with Crippen molar-refractivity contribution in [3.8, 4) is 0 Å². The van der Waals surface area contributed by atoms with Crippen molar-refractivity contribution in [2.24, 2.45) is 11.7 Å². The fraction of sp³-hybridized carbons (Fsp3) is 0.667. The van der Waals surface area contributed by atoms with Crippen LogP contribution in [0.2, 0.25) is 0 Å². The van der Waals surface area contributed by atoms with Crippen LogP contribution >= 0.6 is 0 Å². The number of nitrogens with one attached hydrogen (secondary N) is 1. The molecule has 1 fully saturated rings. The highest BCUT2D eigenvalue weighted by Gasteiger charge is 2.35. The molecule has 0 bridgehead atoms. The minimum Gasteiger partial charge on any atom is -0.481 e. The van der Waals surface area contributed by atoms with E-state index in [9.17, 15) is 14.4 Å². The maximum atomic E-state index is 11.3. The monoisotopic (exact) mass is 229 g/mol. The van der Waals surface area contributed by atoms with Gasteiger partial charge in [0.15, 0.2) is 0 Å². The molecule has 1 heterocycles. The first-order valence-corrected chi connectivity index (χ1v) is 5.04. The van der Waals surface area contributed by atoms with E-state index in [0.29, 0.717) is 13.0 Å². The number of hydrogen-bond donors (Lipinski definition) is 3. The largest absolute Gasteiger partial charge is 0.481 e. The molecule has 0 aromatic heterocycles. The molecule has 7 heteroatoms. The fourth-order valence-electron chi connectivity index (χ4n) is 1.37. The van der Waals surface area contributed by atoms with E-state index >= 15 is 0 Å². The third-order valence-electron chi connectivity index (χ3n) is 2.39. The highest BCUT2D eigenvalue weighted by molar-refractivity contribution is 5.79. The number of carbonyl (C=O) groups excluding carboxylic acids is 2. The molecule has 1 rings (SSSR count). The molecule has 0 radical (unpaired) electrons. The quantitative estimate of drug-likeness (QED) is 0.523. The van der Waals surface area contributed by atoms with Gasteiger partial charge >= 0.3 is 12.0 Å². The number of nitrogens with two attached hydrogens (primary N) is 1. The van der Waals surface area contributed by atoms with Crippen LogP contribution < -0.4 is 11.1 Å². The summed E-state index contributed by atoms with van der Waals surface area (Å²) < 4.78 is 0. The van der Waals surface area contributed by atoms with Crippen LogP contribution in [0.5, 0.6) is 0 Å². The van der Waals surface area contributed by atoms with Gasteiger partial charge < -0.3 is 21.1 Å². The van der Waals surface area contributed by atoms with E-state index < -0.39 is 17.8 Å². The highest BCUT2D eigenvalue weighted by Crippen LogP contribution is 2.14. The first-order valence-electron chi connectivity index (χ1n) is 5.04. The van der Waals surface area contributed by atoms with Crippen LogP contribution in [0.1, 0.15) is 12.8 Å². The molecule has 90 valence electrons. The molecule has 0 aliphatic carbocycles. The van der Waals surface area contributed by atoms with Gasteiger partial charge in [0.05, 0.1) is 5.92 Å². The van der Waals surface area contributed by atoms with Crippen LogP contribution in [0, 0.1) is 5.92 Å². The smallest absolute Gasteiger partial charge is 0.317 e. The summed E-state index contributed by atoms with van der Waals surface area (Å²) in [7, 11) is 0. The fourth-order valence-corrected chi connectivity index (χ4v) is 1.37. The van der Waals surface area contributed by atoms with Gasteiger partial charge in [0.1, 0.15) is 0 Å². The van der Waals surface area contributed by atoms with Crippen molar-refractivity contribution in [1.82, 2.24) is 10.2 Å². The number of carboxylic acid groups (broad SMARTS) is 1. The van der Waals surface area contributed by atoms with E-state index in [1.54, 1.807) is 0 Å². The zero-order valence-electron chi connectivity index (χ0n) is 8.81. The number of likely N-dealkylation sites (tertiary alicyclic amines) is 1.